The third kappa shape index (κ3) is 2.33. The van der Waals surface area contributed by atoms with Crippen LogP contribution in [-0.2, 0) is 6.42 Å². The van der Waals surface area contributed by atoms with Gasteiger partial charge < -0.3 is 0 Å². The van der Waals surface area contributed by atoms with Crippen molar-refractivity contribution in [3.8, 4) is 0 Å². The van der Waals surface area contributed by atoms with Gasteiger partial charge in [-0.25, -0.2) is 8.78 Å². The van der Waals surface area contributed by atoms with Gasteiger partial charge in [-0.2, -0.15) is 0 Å². The van der Waals surface area contributed by atoms with Crippen LogP contribution in [0.15, 0.2) is 30.6 Å². The molecule has 1 aromatic heterocycles. The second-order valence-electron chi connectivity index (χ2n) is 5.05. The van der Waals surface area contributed by atoms with Crippen LogP contribution in [0, 0.1) is 5.92 Å². The van der Waals surface area contributed by atoms with Crippen molar-refractivity contribution in [3.05, 3.63) is 36.2 Å². The van der Waals surface area contributed by atoms with E-state index in [0.29, 0.717) is 0 Å². The van der Waals surface area contributed by atoms with E-state index >= 15 is 0 Å². The van der Waals surface area contributed by atoms with Gasteiger partial charge in [0, 0.05) is 25.2 Å². The molecule has 2 aromatic rings. The van der Waals surface area contributed by atoms with E-state index in [1.807, 2.05) is 18.2 Å². The summed E-state index contributed by atoms with van der Waals surface area (Å²) in [5, 5.41) is 0. The van der Waals surface area contributed by atoms with Crippen molar-refractivity contribution in [2.75, 3.05) is 0 Å². The minimum absolute atomic E-state index is 0.0559. The molecule has 1 saturated carbocycles. The monoisotopic (exact) mass is 248 g/mol. The highest BCUT2D eigenvalue weighted by Gasteiger charge is 2.44. The number of hydrogen-bond acceptors (Lipinski definition) is 2. The molecule has 1 heterocycles. The van der Waals surface area contributed by atoms with E-state index in [1.165, 1.54) is 0 Å². The van der Waals surface area contributed by atoms with E-state index in [9.17, 15) is 8.78 Å². The largest absolute Gasteiger partial charge is 0.253 e. The summed E-state index contributed by atoms with van der Waals surface area (Å²) in [6.07, 6.45) is 5.12. The lowest BCUT2D eigenvalue weighted by molar-refractivity contribution is -0.111. The van der Waals surface area contributed by atoms with E-state index in [2.05, 4.69) is 9.97 Å². The topological polar surface area (TPSA) is 25.8 Å². The summed E-state index contributed by atoms with van der Waals surface area (Å²) >= 11 is 0. The first-order valence-corrected chi connectivity index (χ1v) is 6.20. The van der Waals surface area contributed by atoms with Gasteiger partial charge in [-0.05, 0) is 36.5 Å². The van der Waals surface area contributed by atoms with Gasteiger partial charge in [0.15, 0.2) is 0 Å². The lowest BCUT2D eigenvalue weighted by atomic mass is 9.78. The molecule has 0 N–H and O–H groups in total. The summed E-state index contributed by atoms with van der Waals surface area (Å²) in [6, 6.07) is 5.94. The molecule has 18 heavy (non-hydrogen) atoms. The number of halogens is 2. The summed E-state index contributed by atoms with van der Waals surface area (Å²) in [5.74, 6) is -2.22. The van der Waals surface area contributed by atoms with E-state index < -0.39 is 5.92 Å². The number of hydrogen-bond donors (Lipinski definition) is 0. The predicted molar refractivity (Wildman–Crippen MR) is 65.5 cm³/mol. The average molecular weight is 248 g/mol. The quantitative estimate of drug-likeness (QED) is 0.829. The maximum absolute atomic E-state index is 12.7. The Morgan fingerprint density at radius 2 is 1.83 bits per heavy atom. The molecule has 2 nitrogen and oxygen atoms in total. The highest BCUT2D eigenvalue weighted by molar-refractivity contribution is 5.74. The molecule has 0 aliphatic heterocycles. The Hall–Kier alpha value is -1.58. The molecule has 3 rings (SSSR count). The molecule has 1 aliphatic carbocycles. The third-order valence-electron chi connectivity index (χ3n) is 3.55. The van der Waals surface area contributed by atoms with Crippen LogP contribution >= 0.6 is 0 Å². The number of alkyl halides is 2. The number of fused-ring (bicyclic) bond motifs is 1. The number of aromatic nitrogens is 2. The summed E-state index contributed by atoms with van der Waals surface area (Å²) in [5.41, 5.74) is 2.89. The van der Waals surface area contributed by atoms with Crippen molar-refractivity contribution in [3.63, 3.8) is 0 Å². The Balaban J connectivity index is 1.65. The van der Waals surface area contributed by atoms with E-state index in [-0.39, 0.29) is 18.8 Å². The molecule has 4 heteroatoms. The van der Waals surface area contributed by atoms with E-state index in [4.69, 9.17) is 0 Å². The van der Waals surface area contributed by atoms with Crippen LogP contribution in [0.5, 0.6) is 0 Å². The Kier molecular flexibility index (Phi) is 2.73. The summed E-state index contributed by atoms with van der Waals surface area (Å²) in [6.45, 7) is 0. The number of rotatable bonds is 3. The SMILES string of the molecule is FC1(F)CC(CCc2ccc3nccnc3c2)C1. The van der Waals surface area contributed by atoms with E-state index in [0.717, 1.165) is 29.4 Å². The smallest absolute Gasteiger partial charge is 0.248 e. The molecular formula is C14H14F2N2. The van der Waals surface area contributed by atoms with Gasteiger partial charge >= 0.3 is 0 Å². The lowest BCUT2D eigenvalue weighted by Gasteiger charge is -2.34. The Bertz CT molecular complexity index is 560. The summed E-state index contributed by atoms with van der Waals surface area (Å²) in [7, 11) is 0. The fourth-order valence-corrected chi connectivity index (χ4v) is 2.52. The first-order valence-electron chi connectivity index (χ1n) is 6.20. The van der Waals surface area contributed by atoms with Crippen LogP contribution in [0.3, 0.4) is 0 Å². The standard InChI is InChI=1S/C14H14F2N2/c15-14(16)8-11(9-14)2-1-10-3-4-12-13(7-10)18-6-5-17-12/h3-7,11H,1-2,8-9H2. The highest BCUT2D eigenvalue weighted by Crippen LogP contribution is 2.44. The van der Waals surface area contributed by atoms with Gasteiger partial charge in [0.2, 0.25) is 5.92 Å². The van der Waals surface area contributed by atoms with Crippen molar-refractivity contribution in [2.24, 2.45) is 5.92 Å². The first kappa shape index (κ1) is 11.5. The van der Waals surface area contributed by atoms with Crippen molar-refractivity contribution >= 4 is 11.0 Å². The van der Waals surface area contributed by atoms with Gasteiger partial charge in [-0.1, -0.05) is 6.07 Å². The number of benzene rings is 1. The fourth-order valence-electron chi connectivity index (χ4n) is 2.52. The minimum atomic E-state index is -2.40. The zero-order chi connectivity index (χ0) is 12.6. The molecule has 94 valence electrons. The molecule has 0 amide bonds. The molecule has 0 radical (unpaired) electrons. The van der Waals surface area contributed by atoms with Crippen LogP contribution in [-0.4, -0.2) is 15.9 Å². The maximum atomic E-state index is 12.7. The highest BCUT2D eigenvalue weighted by atomic mass is 19.3. The Morgan fingerprint density at radius 3 is 2.56 bits per heavy atom. The van der Waals surface area contributed by atoms with Crippen molar-refractivity contribution in [1.82, 2.24) is 9.97 Å². The lowest BCUT2D eigenvalue weighted by Crippen LogP contribution is -2.35. The first-order chi connectivity index (χ1) is 8.62. The molecule has 1 aromatic carbocycles. The molecule has 1 aliphatic rings. The second kappa shape index (κ2) is 4.26. The van der Waals surface area contributed by atoms with Crippen LogP contribution < -0.4 is 0 Å². The Morgan fingerprint density at radius 1 is 1.11 bits per heavy atom. The fraction of sp³-hybridized carbons (Fsp3) is 0.429. The van der Waals surface area contributed by atoms with Gasteiger partial charge in [-0.15, -0.1) is 0 Å². The molecule has 0 unspecified atom stereocenters. The molecule has 0 saturated heterocycles. The van der Waals surface area contributed by atoms with Crippen molar-refractivity contribution in [2.45, 2.75) is 31.6 Å². The van der Waals surface area contributed by atoms with E-state index in [1.54, 1.807) is 12.4 Å². The third-order valence-corrected chi connectivity index (χ3v) is 3.55. The van der Waals surface area contributed by atoms with Gasteiger partial charge in [0.25, 0.3) is 0 Å². The van der Waals surface area contributed by atoms with Crippen molar-refractivity contribution < 1.29 is 8.78 Å². The molecule has 1 fully saturated rings. The van der Waals surface area contributed by atoms with Crippen LogP contribution in [0.2, 0.25) is 0 Å². The summed E-state index contributed by atoms with van der Waals surface area (Å²) < 4.78 is 25.4. The molecule has 0 spiro atoms. The van der Waals surface area contributed by atoms with Crippen LogP contribution in [0.25, 0.3) is 11.0 Å². The van der Waals surface area contributed by atoms with Crippen LogP contribution in [0.4, 0.5) is 8.78 Å². The van der Waals surface area contributed by atoms with Gasteiger partial charge in [-0.3, -0.25) is 9.97 Å². The zero-order valence-corrected chi connectivity index (χ0v) is 9.94. The summed E-state index contributed by atoms with van der Waals surface area (Å²) in [4.78, 5) is 8.45. The second-order valence-corrected chi connectivity index (χ2v) is 5.05. The zero-order valence-electron chi connectivity index (χ0n) is 9.94. The maximum Gasteiger partial charge on any atom is 0.248 e. The number of nitrogens with zero attached hydrogens (tertiary/aromatic N) is 2. The van der Waals surface area contributed by atoms with Crippen molar-refractivity contribution in [1.29, 1.82) is 0 Å². The molecule has 0 bridgehead atoms. The molecular weight excluding hydrogens is 234 g/mol. The molecule has 0 atom stereocenters. The van der Waals surface area contributed by atoms with Gasteiger partial charge in [0.05, 0.1) is 11.0 Å². The van der Waals surface area contributed by atoms with Gasteiger partial charge in [0.1, 0.15) is 0 Å². The average Bonchev–Trinajstić information content (AvgIpc) is 2.33. The normalized spacial score (nSPS) is 18.8. The predicted octanol–water partition coefficient (Wildman–Crippen LogP) is 3.61. The number of aryl methyl sites for hydroxylation is 1. The minimum Gasteiger partial charge on any atom is -0.253 e. The van der Waals surface area contributed by atoms with Crippen LogP contribution in [0.1, 0.15) is 24.8 Å². The Labute approximate surface area is 104 Å².